The Balaban J connectivity index is 2.53. The number of rotatable bonds is 3. The molecule has 1 atom stereocenters. The van der Waals surface area contributed by atoms with Crippen molar-refractivity contribution in [2.24, 2.45) is 5.92 Å². The van der Waals surface area contributed by atoms with Crippen molar-refractivity contribution < 1.29 is 14.6 Å². The van der Waals surface area contributed by atoms with Gasteiger partial charge in [0.05, 0.1) is 11.6 Å². The number of hydrogen-bond acceptors (Lipinski definition) is 3. The summed E-state index contributed by atoms with van der Waals surface area (Å²) in [7, 11) is 0. The van der Waals surface area contributed by atoms with E-state index in [2.05, 4.69) is 5.32 Å². The van der Waals surface area contributed by atoms with Crippen LogP contribution in [-0.2, 0) is 4.74 Å². The molecule has 1 saturated carbocycles. The first-order valence-corrected chi connectivity index (χ1v) is 5.86. The molecule has 0 spiro atoms. The maximum absolute atomic E-state index is 11.6. The van der Waals surface area contributed by atoms with Crippen molar-refractivity contribution in [2.75, 3.05) is 0 Å². The number of hydrogen-bond donors (Lipinski definition) is 2. The molecule has 1 aliphatic rings. The lowest BCUT2D eigenvalue weighted by Crippen LogP contribution is -2.49. The van der Waals surface area contributed by atoms with Gasteiger partial charge in [0.25, 0.3) is 0 Å². The Morgan fingerprint density at radius 3 is 2.19 bits per heavy atom. The minimum Gasteiger partial charge on any atom is -0.444 e. The van der Waals surface area contributed by atoms with Gasteiger partial charge in [-0.25, -0.2) is 4.79 Å². The second kappa shape index (κ2) is 4.24. The summed E-state index contributed by atoms with van der Waals surface area (Å²) in [5.74, 6) is 0.194. The Hall–Kier alpha value is -0.770. The van der Waals surface area contributed by atoms with E-state index >= 15 is 0 Å². The molecule has 0 radical (unpaired) electrons. The average molecular weight is 229 g/mol. The third kappa shape index (κ3) is 3.67. The zero-order chi connectivity index (χ0) is 12.6. The van der Waals surface area contributed by atoms with E-state index in [1.54, 1.807) is 0 Å². The lowest BCUT2D eigenvalue weighted by Gasteiger charge is -2.29. The second-order valence-corrected chi connectivity index (χ2v) is 5.97. The van der Waals surface area contributed by atoms with Crippen molar-refractivity contribution in [2.45, 2.75) is 64.7 Å². The Morgan fingerprint density at radius 1 is 1.38 bits per heavy atom. The van der Waals surface area contributed by atoms with Gasteiger partial charge in [0.15, 0.2) is 0 Å². The summed E-state index contributed by atoms with van der Waals surface area (Å²) in [6.45, 7) is 9.44. The number of carbonyl (C=O) groups excluding carboxylic acids is 1. The number of ether oxygens (including phenoxy) is 1. The first-order chi connectivity index (χ1) is 7.14. The predicted molar refractivity (Wildman–Crippen MR) is 62.2 cm³/mol. The van der Waals surface area contributed by atoms with Crippen LogP contribution in [0.2, 0.25) is 0 Å². The molecule has 16 heavy (non-hydrogen) atoms. The van der Waals surface area contributed by atoms with E-state index in [0.29, 0.717) is 0 Å². The molecule has 0 aromatic heterocycles. The molecular formula is C12H23NO3. The zero-order valence-electron chi connectivity index (χ0n) is 10.8. The largest absolute Gasteiger partial charge is 0.444 e. The monoisotopic (exact) mass is 229 g/mol. The third-order valence-electron chi connectivity index (χ3n) is 2.68. The molecule has 4 heteroatoms. The average Bonchev–Trinajstić information content (AvgIpc) is 2.76. The molecule has 1 aliphatic carbocycles. The van der Waals surface area contributed by atoms with E-state index in [9.17, 15) is 9.90 Å². The Kier molecular flexibility index (Phi) is 3.53. The molecule has 0 aromatic carbocycles. The van der Waals surface area contributed by atoms with Gasteiger partial charge in [-0.05, 0) is 39.5 Å². The lowest BCUT2D eigenvalue weighted by atomic mass is 9.97. The fourth-order valence-corrected chi connectivity index (χ4v) is 1.80. The van der Waals surface area contributed by atoms with E-state index in [1.165, 1.54) is 0 Å². The van der Waals surface area contributed by atoms with Crippen LogP contribution in [0.1, 0.15) is 47.5 Å². The highest BCUT2D eigenvalue weighted by atomic mass is 16.6. The molecule has 0 saturated heterocycles. The van der Waals surface area contributed by atoms with Gasteiger partial charge in [-0.3, -0.25) is 0 Å². The van der Waals surface area contributed by atoms with Crippen LogP contribution in [0, 0.1) is 5.92 Å². The fourth-order valence-electron chi connectivity index (χ4n) is 1.80. The molecule has 2 N–H and O–H groups in total. The number of carbonyl (C=O) groups is 1. The van der Waals surface area contributed by atoms with E-state index in [4.69, 9.17) is 4.74 Å². The maximum Gasteiger partial charge on any atom is 0.407 e. The van der Waals surface area contributed by atoms with Crippen molar-refractivity contribution in [3.63, 3.8) is 0 Å². The summed E-state index contributed by atoms with van der Waals surface area (Å²) in [5, 5.41) is 12.8. The zero-order valence-corrected chi connectivity index (χ0v) is 10.8. The van der Waals surface area contributed by atoms with Crippen LogP contribution < -0.4 is 5.32 Å². The van der Waals surface area contributed by atoms with E-state index in [1.807, 2.05) is 34.6 Å². The molecule has 1 fully saturated rings. The van der Waals surface area contributed by atoms with Gasteiger partial charge >= 0.3 is 6.09 Å². The van der Waals surface area contributed by atoms with Crippen LogP contribution in [0.15, 0.2) is 0 Å². The SMILES string of the molecule is CC(C)C(NC(=O)OC(C)(C)C)C1(O)CC1. The van der Waals surface area contributed by atoms with Gasteiger partial charge in [-0.1, -0.05) is 13.8 Å². The summed E-state index contributed by atoms with van der Waals surface area (Å²) in [4.78, 5) is 11.6. The summed E-state index contributed by atoms with van der Waals surface area (Å²) >= 11 is 0. The maximum atomic E-state index is 11.6. The molecule has 1 unspecified atom stereocenters. The van der Waals surface area contributed by atoms with Gasteiger partial charge in [0, 0.05) is 0 Å². The van der Waals surface area contributed by atoms with Crippen LogP contribution in [0.25, 0.3) is 0 Å². The van der Waals surface area contributed by atoms with Crippen molar-refractivity contribution in [3.8, 4) is 0 Å². The number of nitrogens with one attached hydrogen (secondary N) is 1. The molecule has 0 heterocycles. The molecular weight excluding hydrogens is 206 g/mol. The Morgan fingerprint density at radius 2 is 1.88 bits per heavy atom. The highest BCUT2D eigenvalue weighted by Crippen LogP contribution is 2.41. The predicted octanol–water partition coefficient (Wildman–Crippen LogP) is 2.06. The minimum atomic E-state index is -0.717. The van der Waals surface area contributed by atoms with Crippen LogP contribution in [-0.4, -0.2) is 28.4 Å². The van der Waals surface area contributed by atoms with Gasteiger partial charge < -0.3 is 15.2 Å². The van der Waals surface area contributed by atoms with E-state index in [0.717, 1.165) is 12.8 Å². The molecule has 0 bridgehead atoms. The minimum absolute atomic E-state index is 0.194. The summed E-state index contributed by atoms with van der Waals surface area (Å²) < 4.78 is 5.18. The number of amides is 1. The summed E-state index contributed by atoms with van der Waals surface area (Å²) in [6.07, 6.45) is 1.06. The second-order valence-electron chi connectivity index (χ2n) is 5.97. The highest BCUT2D eigenvalue weighted by molar-refractivity contribution is 5.68. The molecule has 0 aliphatic heterocycles. The third-order valence-corrected chi connectivity index (χ3v) is 2.68. The van der Waals surface area contributed by atoms with Crippen molar-refractivity contribution in [3.05, 3.63) is 0 Å². The van der Waals surface area contributed by atoms with Crippen molar-refractivity contribution in [1.29, 1.82) is 0 Å². The molecule has 94 valence electrons. The smallest absolute Gasteiger partial charge is 0.407 e. The van der Waals surface area contributed by atoms with Crippen molar-refractivity contribution in [1.82, 2.24) is 5.32 Å². The van der Waals surface area contributed by atoms with Crippen LogP contribution in [0.5, 0.6) is 0 Å². The first-order valence-electron chi connectivity index (χ1n) is 5.86. The quantitative estimate of drug-likeness (QED) is 0.778. The Bertz CT molecular complexity index is 264. The number of aliphatic hydroxyl groups is 1. The van der Waals surface area contributed by atoms with Crippen LogP contribution in [0.4, 0.5) is 4.79 Å². The standard InChI is InChI=1S/C12H23NO3/c1-8(2)9(12(15)6-7-12)13-10(14)16-11(3,4)5/h8-9,15H,6-7H2,1-5H3,(H,13,14). The van der Waals surface area contributed by atoms with Crippen LogP contribution in [0.3, 0.4) is 0 Å². The normalized spacial score (nSPS) is 20.4. The van der Waals surface area contributed by atoms with Crippen molar-refractivity contribution >= 4 is 6.09 Å². The van der Waals surface area contributed by atoms with E-state index < -0.39 is 17.3 Å². The number of alkyl carbamates (subject to hydrolysis) is 1. The van der Waals surface area contributed by atoms with Gasteiger partial charge in [-0.2, -0.15) is 0 Å². The first kappa shape index (κ1) is 13.3. The van der Waals surface area contributed by atoms with Gasteiger partial charge in [0.2, 0.25) is 0 Å². The van der Waals surface area contributed by atoms with Gasteiger partial charge in [0.1, 0.15) is 5.60 Å². The molecule has 4 nitrogen and oxygen atoms in total. The highest BCUT2D eigenvalue weighted by Gasteiger charge is 2.49. The topological polar surface area (TPSA) is 58.6 Å². The molecule has 0 aromatic rings. The van der Waals surface area contributed by atoms with Gasteiger partial charge in [-0.15, -0.1) is 0 Å². The summed E-state index contributed by atoms with van der Waals surface area (Å²) in [6, 6.07) is -0.220. The fraction of sp³-hybridized carbons (Fsp3) is 0.917. The molecule has 1 rings (SSSR count). The Labute approximate surface area is 97.4 Å². The van der Waals surface area contributed by atoms with Crippen LogP contribution >= 0.6 is 0 Å². The summed E-state index contributed by atoms with van der Waals surface area (Å²) in [5.41, 5.74) is -1.22. The van der Waals surface area contributed by atoms with E-state index in [-0.39, 0.29) is 12.0 Å². The lowest BCUT2D eigenvalue weighted by molar-refractivity contribution is 0.0321. The molecule has 1 amide bonds.